The summed E-state index contributed by atoms with van der Waals surface area (Å²) in [5.74, 6) is 1.39. The van der Waals surface area contributed by atoms with Crippen LogP contribution in [0, 0.1) is 0 Å². The quantitative estimate of drug-likeness (QED) is 0.517. The summed E-state index contributed by atoms with van der Waals surface area (Å²) in [6.07, 6.45) is 3.65. The van der Waals surface area contributed by atoms with Gasteiger partial charge >= 0.3 is 0 Å². The number of carbonyl (C=O) groups excluding carboxylic acids is 1. The normalized spacial score (nSPS) is 10.5. The second-order valence-electron chi connectivity index (χ2n) is 6.12. The van der Waals surface area contributed by atoms with E-state index in [2.05, 4.69) is 20.6 Å². The topological polar surface area (TPSA) is 81.9 Å². The highest BCUT2D eigenvalue weighted by Gasteiger charge is 2.08. The van der Waals surface area contributed by atoms with E-state index in [1.807, 2.05) is 18.2 Å². The number of hydrogen-bond donors (Lipinski definition) is 1. The van der Waals surface area contributed by atoms with E-state index in [4.69, 9.17) is 16.3 Å². The molecule has 0 unspecified atom stereocenters. The Morgan fingerprint density at radius 1 is 1.00 bits per heavy atom. The highest BCUT2D eigenvalue weighted by molar-refractivity contribution is 6.31. The van der Waals surface area contributed by atoms with Gasteiger partial charge in [0.1, 0.15) is 5.75 Å². The molecule has 144 valence electrons. The number of halogens is 1. The summed E-state index contributed by atoms with van der Waals surface area (Å²) >= 11 is 6.10. The van der Waals surface area contributed by atoms with Crippen LogP contribution in [0.25, 0.3) is 5.82 Å². The fourth-order valence-corrected chi connectivity index (χ4v) is 2.84. The zero-order valence-electron chi connectivity index (χ0n) is 15.2. The molecule has 1 amide bonds. The van der Waals surface area contributed by atoms with Gasteiger partial charge in [0.05, 0.1) is 6.42 Å². The Morgan fingerprint density at radius 3 is 2.52 bits per heavy atom. The average Bonchev–Trinajstić information content (AvgIpc) is 3.27. The third kappa shape index (κ3) is 4.77. The highest BCUT2D eigenvalue weighted by Crippen LogP contribution is 2.22. The Balaban J connectivity index is 1.35. The van der Waals surface area contributed by atoms with E-state index in [1.54, 1.807) is 65.6 Å². The van der Waals surface area contributed by atoms with Crippen molar-refractivity contribution in [1.29, 1.82) is 0 Å². The van der Waals surface area contributed by atoms with Gasteiger partial charge < -0.3 is 10.1 Å². The molecule has 7 nitrogen and oxygen atoms in total. The third-order valence-corrected chi connectivity index (χ3v) is 4.40. The number of benzene rings is 2. The van der Waals surface area contributed by atoms with Crippen LogP contribution in [0.4, 0.5) is 5.69 Å². The lowest BCUT2D eigenvalue weighted by atomic mass is 10.1. The van der Waals surface area contributed by atoms with Gasteiger partial charge in [-0.05, 0) is 48.0 Å². The minimum atomic E-state index is -0.146. The molecule has 0 atom stereocenters. The lowest BCUT2D eigenvalue weighted by molar-refractivity contribution is -0.115. The maximum absolute atomic E-state index is 12.2. The van der Waals surface area contributed by atoms with Crippen molar-refractivity contribution in [1.82, 2.24) is 20.0 Å². The smallest absolute Gasteiger partial charge is 0.238 e. The van der Waals surface area contributed by atoms with Crippen LogP contribution >= 0.6 is 11.6 Å². The fourth-order valence-electron chi connectivity index (χ4n) is 2.64. The first-order valence-electron chi connectivity index (χ1n) is 8.82. The van der Waals surface area contributed by atoms with Gasteiger partial charge in [0.2, 0.25) is 11.8 Å². The second-order valence-corrected chi connectivity index (χ2v) is 6.53. The number of amides is 1. The van der Waals surface area contributed by atoms with E-state index in [1.165, 1.54) is 0 Å². The summed E-state index contributed by atoms with van der Waals surface area (Å²) in [5.41, 5.74) is 1.44. The number of nitrogens with zero attached hydrogens (tertiary/aromatic N) is 4. The summed E-state index contributed by atoms with van der Waals surface area (Å²) < 4.78 is 7.30. The molecule has 4 aromatic rings. The molecular formula is C21H16ClN5O2. The number of ether oxygens (including phenoxy) is 1. The van der Waals surface area contributed by atoms with Crippen LogP contribution in [0.1, 0.15) is 5.56 Å². The van der Waals surface area contributed by atoms with Gasteiger partial charge in [0, 0.05) is 29.2 Å². The minimum Gasteiger partial charge on any atom is -0.438 e. The van der Waals surface area contributed by atoms with Crippen molar-refractivity contribution in [2.45, 2.75) is 6.42 Å². The van der Waals surface area contributed by atoms with Gasteiger partial charge in [0.25, 0.3) is 0 Å². The highest BCUT2D eigenvalue weighted by atomic mass is 35.5. The molecular weight excluding hydrogens is 390 g/mol. The molecule has 0 aliphatic carbocycles. The van der Waals surface area contributed by atoms with Crippen molar-refractivity contribution < 1.29 is 9.53 Å². The average molecular weight is 406 g/mol. The molecule has 0 fully saturated rings. The second kappa shape index (κ2) is 8.53. The Labute approximate surface area is 171 Å². The van der Waals surface area contributed by atoms with Crippen LogP contribution in [0.15, 0.2) is 79.1 Å². The molecule has 2 heterocycles. The fraction of sp³-hybridized carbons (Fsp3) is 0.0476. The van der Waals surface area contributed by atoms with Crippen LogP contribution in [0.2, 0.25) is 5.02 Å². The molecule has 2 aromatic carbocycles. The molecule has 2 aromatic heterocycles. The van der Waals surface area contributed by atoms with Crippen LogP contribution < -0.4 is 10.1 Å². The van der Waals surface area contributed by atoms with Gasteiger partial charge in [-0.15, -0.1) is 10.2 Å². The largest absolute Gasteiger partial charge is 0.438 e. The maximum Gasteiger partial charge on any atom is 0.238 e. The first kappa shape index (κ1) is 18.6. The predicted octanol–water partition coefficient (Wildman–Crippen LogP) is 4.29. The Morgan fingerprint density at radius 2 is 1.83 bits per heavy atom. The molecule has 0 saturated carbocycles. The number of nitrogens with one attached hydrogen (secondary N) is 1. The molecule has 0 spiro atoms. The zero-order valence-corrected chi connectivity index (χ0v) is 16.0. The lowest BCUT2D eigenvalue weighted by Crippen LogP contribution is -2.14. The molecule has 0 bridgehead atoms. The van der Waals surface area contributed by atoms with E-state index >= 15 is 0 Å². The van der Waals surface area contributed by atoms with Gasteiger partial charge in [-0.3, -0.25) is 4.79 Å². The molecule has 0 saturated heterocycles. The van der Waals surface area contributed by atoms with Crippen molar-refractivity contribution in [2.75, 3.05) is 5.32 Å². The van der Waals surface area contributed by atoms with Crippen LogP contribution in [0.5, 0.6) is 11.6 Å². The molecule has 0 aliphatic heterocycles. The van der Waals surface area contributed by atoms with E-state index in [0.717, 1.165) is 5.56 Å². The standard InChI is InChI=1S/C21H16ClN5O2/c22-18-5-2-1-4-15(18)14-20(28)24-16-6-8-17(9-7-16)29-21-11-10-19(25-26-21)27-13-3-12-23-27/h1-13H,14H2,(H,24,28). The maximum atomic E-state index is 12.2. The monoisotopic (exact) mass is 405 g/mol. The van der Waals surface area contributed by atoms with E-state index < -0.39 is 0 Å². The summed E-state index contributed by atoms with van der Waals surface area (Å²) in [7, 11) is 0. The van der Waals surface area contributed by atoms with Crippen molar-refractivity contribution in [2.24, 2.45) is 0 Å². The Hall–Kier alpha value is -3.71. The summed E-state index contributed by atoms with van der Waals surface area (Å²) in [6, 6.07) is 19.6. The number of rotatable bonds is 6. The zero-order chi connectivity index (χ0) is 20.1. The van der Waals surface area contributed by atoms with Gasteiger partial charge in [-0.2, -0.15) is 5.10 Å². The number of anilines is 1. The van der Waals surface area contributed by atoms with Gasteiger partial charge in [-0.1, -0.05) is 29.8 Å². The molecule has 0 radical (unpaired) electrons. The molecule has 0 aliphatic rings. The lowest BCUT2D eigenvalue weighted by Gasteiger charge is -2.08. The van der Waals surface area contributed by atoms with Crippen LogP contribution in [-0.4, -0.2) is 25.9 Å². The Bertz CT molecular complexity index is 1100. The summed E-state index contributed by atoms with van der Waals surface area (Å²) in [5, 5.41) is 15.6. The van der Waals surface area contributed by atoms with Gasteiger partial charge in [-0.25, -0.2) is 4.68 Å². The van der Waals surface area contributed by atoms with E-state index in [0.29, 0.717) is 28.2 Å². The summed E-state index contributed by atoms with van der Waals surface area (Å²) in [4.78, 5) is 12.2. The van der Waals surface area contributed by atoms with Crippen molar-refractivity contribution in [3.05, 3.63) is 89.7 Å². The van der Waals surface area contributed by atoms with E-state index in [9.17, 15) is 4.79 Å². The van der Waals surface area contributed by atoms with Crippen molar-refractivity contribution >= 4 is 23.2 Å². The van der Waals surface area contributed by atoms with Crippen LogP contribution in [0.3, 0.4) is 0 Å². The predicted molar refractivity (Wildman–Crippen MR) is 109 cm³/mol. The van der Waals surface area contributed by atoms with Gasteiger partial charge in [0.15, 0.2) is 5.82 Å². The third-order valence-electron chi connectivity index (χ3n) is 4.03. The SMILES string of the molecule is O=C(Cc1ccccc1Cl)Nc1ccc(Oc2ccc(-n3cccn3)nn2)cc1. The molecule has 8 heteroatoms. The van der Waals surface area contributed by atoms with E-state index in [-0.39, 0.29) is 12.3 Å². The summed E-state index contributed by atoms with van der Waals surface area (Å²) in [6.45, 7) is 0. The minimum absolute atomic E-state index is 0.146. The number of carbonyl (C=O) groups is 1. The first-order valence-corrected chi connectivity index (χ1v) is 9.20. The number of hydrogen-bond acceptors (Lipinski definition) is 5. The van der Waals surface area contributed by atoms with Crippen molar-refractivity contribution in [3.63, 3.8) is 0 Å². The molecule has 29 heavy (non-hydrogen) atoms. The van der Waals surface area contributed by atoms with Crippen LogP contribution in [-0.2, 0) is 11.2 Å². The Kier molecular flexibility index (Phi) is 5.49. The van der Waals surface area contributed by atoms with Crippen molar-refractivity contribution in [3.8, 4) is 17.4 Å². The molecule has 1 N–H and O–H groups in total. The molecule has 4 rings (SSSR count). The first-order chi connectivity index (χ1) is 14.2. The number of aromatic nitrogens is 4.